The third kappa shape index (κ3) is 4.51. The fourth-order valence-corrected chi connectivity index (χ4v) is 3.55. The molecule has 1 aliphatic rings. The SMILES string of the molecule is CC(=O)N(C)c1cccnc1Nc1nc(-c2cc3c(cn2)N(C)CC3)ns1.O=CO. The van der Waals surface area contributed by atoms with Crippen LogP contribution in [-0.2, 0) is 16.0 Å². The summed E-state index contributed by atoms with van der Waals surface area (Å²) in [5, 5.41) is 10.6. The molecule has 1 aliphatic heterocycles. The molecule has 0 bridgehead atoms. The van der Waals surface area contributed by atoms with Crippen molar-refractivity contribution in [3.63, 3.8) is 0 Å². The summed E-state index contributed by atoms with van der Waals surface area (Å²) in [6.07, 6.45) is 4.55. The number of amides is 1. The summed E-state index contributed by atoms with van der Waals surface area (Å²) in [6, 6.07) is 5.68. The van der Waals surface area contributed by atoms with Gasteiger partial charge in [-0.05, 0) is 30.2 Å². The Hall–Kier alpha value is -3.60. The number of fused-ring (bicyclic) bond motifs is 1. The lowest BCUT2D eigenvalue weighted by atomic mass is 10.2. The van der Waals surface area contributed by atoms with Crippen LogP contribution in [0.5, 0.6) is 0 Å². The maximum atomic E-state index is 11.7. The van der Waals surface area contributed by atoms with Crippen LogP contribution in [-0.4, -0.2) is 57.5 Å². The zero-order chi connectivity index (χ0) is 21.7. The van der Waals surface area contributed by atoms with E-state index in [1.54, 1.807) is 19.3 Å². The van der Waals surface area contributed by atoms with Gasteiger partial charge in [-0.1, -0.05) is 0 Å². The number of carbonyl (C=O) groups excluding carboxylic acids is 1. The summed E-state index contributed by atoms with van der Waals surface area (Å²) in [5.41, 5.74) is 3.87. The van der Waals surface area contributed by atoms with Gasteiger partial charge in [0, 0.05) is 45.3 Å². The smallest absolute Gasteiger partial charge is 0.290 e. The van der Waals surface area contributed by atoms with Gasteiger partial charge >= 0.3 is 0 Å². The number of aromatic nitrogens is 4. The third-order valence-corrected chi connectivity index (χ3v) is 5.22. The molecule has 0 saturated carbocycles. The van der Waals surface area contributed by atoms with Gasteiger partial charge in [0.1, 0.15) is 5.69 Å². The van der Waals surface area contributed by atoms with Gasteiger partial charge in [0.2, 0.25) is 11.0 Å². The Balaban J connectivity index is 0.000000806. The molecule has 0 aliphatic carbocycles. The largest absolute Gasteiger partial charge is 0.483 e. The number of carbonyl (C=O) groups is 2. The van der Waals surface area contributed by atoms with Gasteiger partial charge in [0.25, 0.3) is 6.47 Å². The second-order valence-corrected chi connectivity index (χ2v) is 7.22. The minimum absolute atomic E-state index is 0.0729. The zero-order valence-corrected chi connectivity index (χ0v) is 17.6. The first-order chi connectivity index (χ1) is 14.4. The van der Waals surface area contributed by atoms with Crippen molar-refractivity contribution >= 4 is 46.2 Å². The predicted octanol–water partition coefficient (Wildman–Crippen LogP) is 2.41. The van der Waals surface area contributed by atoms with Gasteiger partial charge in [-0.3, -0.25) is 14.6 Å². The summed E-state index contributed by atoms with van der Waals surface area (Å²) in [7, 11) is 3.78. The van der Waals surface area contributed by atoms with Crippen LogP contribution in [0.2, 0.25) is 0 Å². The third-order valence-electron chi connectivity index (χ3n) is 4.59. The van der Waals surface area contributed by atoms with Gasteiger partial charge in [-0.2, -0.15) is 9.36 Å². The van der Waals surface area contributed by atoms with Gasteiger partial charge in [-0.15, -0.1) is 0 Å². The Morgan fingerprint density at radius 2 is 2.17 bits per heavy atom. The van der Waals surface area contributed by atoms with E-state index in [9.17, 15) is 4.79 Å². The summed E-state index contributed by atoms with van der Waals surface area (Å²) in [5.74, 6) is 1.06. The minimum Gasteiger partial charge on any atom is -0.483 e. The highest BCUT2D eigenvalue weighted by atomic mass is 32.1. The first kappa shape index (κ1) is 21.1. The van der Waals surface area contributed by atoms with Crippen molar-refractivity contribution in [1.29, 1.82) is 0 Å². The van der Waals surface area contributed by atoms with E-state index < -0.39 is 0 Å². The average Bonchev–Trinajstić information content (AvgIpc) is 3.35. The molecule has 4 rings (SSSR count). The standard InChI is InChI=1S/C18H19N7OS.CH2O2/c1-11(26)25(3)14-5-4-7-19-17(14)22-18-21-16(23-27-18)13-9-12-6-8-24(2)15(12)10-20-13;2-1-3/h4-5,7,9-10H,6,8H2,1-3H3,(H,19,21,22,23);1H,(H,2,3). The molecule has 0 radical (unpaired) electrons. The van der Waals surface area contributed by atoms with E-state index in [0.717, 1.165) is 24.3 Å². The predicted molar refractivity (Wildman–Crippen MR) is 115 cm³/mol. The number of hydrogen-bond acceptors (Lipinski definition) is 9. The minimum atomic E-state index is -0.250. The Kier molecular flexibility index (Phi) is 6.52. The number of nitrogens with zero attached hydrogens (tertiary/aromatic N) is 6. The fourth-order valence-electron chi connectivity index (χ4n) is 2.98. The molecule has 3 aromatic rings. The van der Waals surface area contributed by atoms with Gasteiger partial charge in [0.15, 0.2) is 11.6 Å². The van der Waals surface area contributed by atoms with Gasteiger partial charge in [0.05, 0.1) is 17.6 Å². The van der Waals surface area contributed by atoms with Gasteiger partial charge in [-0.25, -0.2) is 4.98 Å². The van der Waals surface area contributed by atoms with Crippen molar-refractivity contribution in [2.45, 2.75) is 13.3 Å². The number of carboxylic acid groups (broad SMARTS) is 1. The molecule has 0 atom stereocenters. The topological polar surface area (TPSA) is 124 Å². The lowest BCUT2D eigenvalue weighted by Gasteiger charge is -2.17. The van der Waals surface area contributed by atoms with Crippen molar-refractivity contribution in [1.82, 2.24) is 19.3 Å². The molecule has 0 spiro atoms. The fraction of sp³-hybridized carbons (Fsp3) is 0.263. The Labute approximate surface area is 177 Å². The highest BCUT2D eigenvalue weighted by molar-refractivity contribution is 7.09. The van der Waals surface area contributed by atoms with Crippen LogP contribution in [0.1, 0.15) is 12.5 Å². The molecule has 11 heteroatoms. The first-order valence-corrected chi connectivity index (χ1v) is 9.80. The van der Waals surface area contributed by atoms with Crippen LogP contribution in [0.15, 0.2) is 30.6 Å². The number of hydrogen-bond donors (Lipinski definition) is 2. The van der Waals surface area contributed by atoms with Crippen molar-refractivity contribution in [2.75, 3.05) is 35.8 Å². The van der Waals surface area contributed by atoms with Crippen molar-refractivity contribution in [3.05, 3.63) is 36.2 Å². The maximum Gasteiger partial charge on any atom is 0.290 e. The number of anilines is 4. The van der Waals surface area contributed by atoms with E-state index >= 15 is 0 Å². The molecular weight excluding hydrogens is 406 g/mol. The van der Waals surface area contributed by atoms with E-state index in [2.05, 4.69) is 42.7 Å². The van der Waals surface area contributed by atoms with Crippen LogP contribution in [0.25, 0.3) is 11.5 Å². The highest BCUT2D eigenvalue weighted by Gasteiger charge is 2.19. The first-order valence-electron chi connectivity index (χ1n) is 9.03. The number of nitrogens with one attached hydrogen (secondary N) is 1. The van der Waals surface area contributed by atoms with Crippen LogP contribution in [0.3, 0.4) is 0 Å². The summed E-state index contributed by atoms with van der Waals surface area (Å²) in [4.78, 5) is 37.2. The van der Waals surface area contributed by atoms with E-state index in [0.29, 0.717) is 22.5 Å². The Morgan fingerprint density at radius 1 is 1.40 bits per heavy atom. The molecule has 0 fully saturated rings. The molecule has 156 valence electrons. The summed E-state index contributed by atoms with van der Waals surface area (Å²) in [6.45, 7) is 2.26. The monoisotopic (exact) mass is 427 g/mol. The van der Waals surface area contributed by atoms with Crippen LogP contribution in [0, 0.1) is 0 Å². The molecule has 1 amide bonds. The molecule has 0 saturated heterocycles. The quantitative estimate of drug-likeness (QED) is 0.604. The molecule has 0 aromatic carbocycles. The summed E-state index contributed by atoms with van der Waals surface area (Å²) < 4.78 is 4.42. The van der Waals surface area contributed by atoms with Crippen molar-refractivity contribution < 1.29 is 14.7 Å². The molecule has 10 nitrogen and oxygen atoms in total. The normalized spacial score (nSPS) is 11.9. The van der Waals surface area contributed by atoms with E-state index in [1.807, 2.05) is 12.3 Å². The molecule has 4 heterocycles. The number of rotatable bonds is 4. The van der Waals surface area contributed by atoms with Gasteiger partial charge < -0.3 is 20.2 Å². The molecule has 30 heavy (non-hydrogen) atoms. The zero-order valence-electron chi connectivity index (χ0n) is 16.7. The highest BCUT2D eigenvalue weighted by Crippen LogP contribution is 2.31. The Bertz CT molecular complexity index is 1060. The summed E-state index contributed by atoms with van der Waals surface area (Å²) >= 11 is 1.24. The van der Waals surface area contributed by atoms with E-state index in [4.69, 9.17) is 9.90 Å². The van der Waals surface area contributed by atoms with Crippen LogP contribution in [0.4, 0.5) is 22.3 Å². The molecule has 2 N–H and O–H groups in total. The number of pyridine rings is 2. The second-order valence-electron chi connectivity index (χ2n) is 6.47. The average molecular weight is 427 g/mol. The molecular formula is C19H21N7O3S. The van der Waals surface area contributed by atoms with Crippen molar-refractivity contribution in [3.8, 4) is 11.5 Å². The molecule has 3 aromatic heterocycles. The lowest BCUT2D eigenvalue weighted by molar-refractivity contribution is -0.123. The maximum absolute atomic E-state index is 11.7. The van der Waals surface area contributed by atoms with Crippen LogP contribution >= 0.6 is 11.5 Å². The second kappa shape index (κ2) is 9.27. The van der Waals surface area contributed by atoms with E-state index in [-0.39, 0.29) is 12.4 Å². The van der Waals surface area contributed by atoms with Crippen molar-refractivity contribution in [2.24, 2.45) is 0 Å². The molecule has 0 unspecified atom stereocenters. The van der Waals surface area contributed by atoms with Crippen LogP contribution < -0.4 is 15.1 Å². The Morgan fingerprint density at radius 3 is 2.90 bits per heavy atom. The van der Waals surface area contributed by atoms with E-state index in [1.165, 1.54) is 28.9 Å². The lowest BCUT2D eigenvalue weighted by Crippen LogP contribution is -2.23. The number of likely N-dealkylation sites (N-methyl/N-ethyl adjacent to an activating group) is 1.